The van der Waals surface area contributed by atoms with Gasteiger partial charge in [-0.3, -0.25) is 9.59 Å². The number of allylic oxidation sites excluding steroid dienone is 4. The van der Waals surface area contributed by atoms with E-state index in [1.807, 2.05) is 32.0 Å². The molecular formula is C34H38N4O4. The fourth-order valence-corrected chi connectivity index (χ4v) is 6.05. The van der Waals surface area contributed by atoms with Crippen LogP contribution in [0.25, 0.3) is 44.4 Å². The van der Waals surface area contributed by atoms with E-state index in [1.54, 1.807) is 0 Å². The van der Waals surface area contributed by atoms with E-state index in [2.05, 4.69) is 44.6 Å². The highest BCUT2D eigenvalue weighted by molar-refractivity contribution is 5.96. The molecule has 5 rings (SSSR count). The quantitative estimate of drug-likeness (QED) is 0.235. The topological polar surface area (TPSA) is 132 Å². The van der Waals surface area contributed by atoms with Gasteiger partial charge in [-0.05, 0) is 124 Å². The first-order chi connectivity index (χ1) is 19.9. The van der Waals surface area contributed by atoms with Crippen molar-refractivity contribution in [2.75, 3.05) is 0 Å². The summed E-state index contributed by atoms with van der Waals surface area (Å²) in [7, 11) is 0. The number of aliphatic carboxylic acids is 2. The number of hydrogen-bond donors (Lipinski definition) is 4. The molecule has 0 fully saturated rings. The van der Waals surface area contributed by atoms with Crippen LogP contribution in [-0.2, 0) is 28.9 Å². The molecular weight excluding hydrogens is 528 g/mol. The monoisotopic (exact) mass is 566 g/mol. The third-order valence-corrected chi connectivity index (χ3v) is 8.92. The van der Waals surface area contributed by atoms with Gasteiger partial charge < -0.3 is 20.2 Å². The highest BCUT2D eigenvalue weighted by Crippen LogP contribution is 2.37. The maximum atomic E-state index is 11.5. The number of carboxylic acid groups (broad SMARTS) is 2. The van der Waals surface area contributed by atoms with Gasteiger partial charge in [-0.15, -0.1) is 0 Å². The lowest BCUT2D eigenvalue weighted by Gasteiger charge is -2.06. The Labute approximate surface area is 245 Å². The molecule has 0 spiro atoms. The van der Waals surface area contributed by atoms with Crippen molar-refractivity contribution in [3.05, 3.63) is 68.8 Å². The van der Waals surface area contributed by atoms with Gasteiger partial charge in [0.05, 0.1) is 22.8 Å². The van der Waals surface area contributed by atoms with Gasteiger partial charge in [0.1, 0.15) is 0 Å². The number of hydrogen-bond acceptors (Lipinski definition) is 4. The van der Waals surface area contributed by atoms with E-state index >= 15 is 0 Å². The zero-order valence-electron chi connectivity index (χ0n) is 25.4. The minimum absolute atomic E-state index is 0.00273. The normalized spacial score (nSPS) is 13.3. The van der Waals surface area contributed by atoms with Crippen molar-refractivity contribution in [2.45, 2.75) is 80.6 Å². The highest BCUT2D eigenvalue weighted by atomic mass is 16.4. The molecule has 0 aromatic carbocycles. The van der Waals surface area contributed by atoms with Gasteiger partial charge in [0, 0.05) is 40.5 Å². The molecule has 4 N–H and O–H groups in total. The van der Waals surface area contributed by atoms with Crippen molar-refractivity contribution in [3.8, 4) is 0 Å². The molecule has 0 atom stereocenters. The first-order valence-corrected chi connectivity index (χ1v) is 14.5. The summed E-state index contributed by atoms with van der Waals surface area (Å²) in [6, 6.07) is 6.09. The number of aryl methyl sites for hydroxylation is 4. The van der Waals surface area contributed by atoms with Gasteiger partial charge in [-0.25, -0.2) is 9.97 Å². The number of aromatic amines is 2. The second kappa shape index (κ2) is 11.1. The van der Waals surface area contributed by atoms with E-state index in [1.165, 1.54) is 0 Å². The maximum absolute atomic E-state index is 11.5. The van der Waals surface area contributed by atoms with Crippen LogP contribution in [0.3, 0.4) is 0 Å². The number of carboxylic acids is 2. The molecule has 0 amide bonds. The third kappa shape index (κ3) is 5.06. The second-order valence-corrected chi connectivity index (χ2v) is 11.4. The predicted molar refractivity (Wildman–Crippen MR) is 168 cm³/mol. The zero-order valence-corrected chi connectivity index (χ0v) is 25.4. The Morgan fingerprint density at radius 1 is 0.619 bits per heavy atom. The van der Waals surface area contributed by atoms with Crippen molar-refractivity contribution >= 4 is 56.3 Å². The molecule has 8 bridgehead atoms. The van der Waals surface area contributed by atoms with E-state index in [4.69, 9.17) is 9.97 Å². The molecule has 218 valence electrons. The molecule has 8 heteroatoms. The van der Waals surface area contributed by atoms with Gasteiger partial charge in [-0.1, -0.05) is 6.92 Å². The number of nitrogens with zero attached hydrogens (tertiary/aromatic N) is 2. The molecule has 0 saturated heterocycles. The number of rotatable bonds is 7. The Morgan fingerprint density at radius 3 is 1.38 bits per heavy atom. The first-order valence-electron chi connectivity index (χ1n) is 14.5. The third-order valence-electron chi connectivity index (χ3n) is 8.92. The molecule has 42 heavy (non-hydrogen) atoms. The van der Waals surface area contributed by atoms with Crippen LogP contribution in [0.2, 0.25) is 0 Å². The Kier molecular flexibility index (Phi) is 7.66. The van der Waals surface area contributed by atoms with Crippen LogP contribution in [0.5, 0.6) is 0 Å². The molecule has 0 radical (unpaired) electrons. The Balaban J connectivity index is 1.97. The summed E-state index contributed by atoms with van der Waals surface area (Å²) in [4.78, 5) is 40.4. The van der Waals surface area contributed by atoms with Crippen molar-refractivity contribution in [1.82, 2.24) is 19.9 Å². The smallest absolute Gasteiger partial charge is 0.303 e. The van der Waals surface area contributed by atoms with Gasteiger partial charge >= 0.3 is 11.9 Å². The van der Waals surface area contributed by atoms with E-state index in [9.17, 15) is 19.8 Å². The summed E-state index contributed by atoms with van der Waals surface area (Å²) in [6.07, 6.45) is 1.51. The minimum atomic E-state index is -0.858. The lowest BCUT2D eigenvalue weighted by Crippen LogP contribution is -1.98. The van der Waals surface area contributed by atoms with Crippen LogP contribution in [-0.4, -0.2) is 42.1 Å². The standard InChI is InChI=1S/C34H38N4O4/c1-8-22-33-18(4)16(2)25(37-33)13-27-20(6)23(9-11-31(39)40)29(35-27)15-30-24(10-12-32(41)42)21(7)28(36-30)14-26-17(3)19(5)34(22)38-26/h13-15,35-36H,8-12H2,1-7H3,(H,39,40)(H,41,42). The summed E-state index contributed by atoms with van der Waals surface area (Å²) >= 11 is 0. The number of fused-ring (bicyclic) bond motifs is 8. The van der Waals surface area contributed by atoms with Crippen LogP contribution >= 0.6 is 0 Å². The molecule has 3 aromatic rings. The fourth-order valence-electron chi connectivity index (χ4n) is 6.05. The molecule has 0 unspecified atom stereocenters. The fraction of sp³-hybridized carbons (Fsp3) is 0.353. The molecule has 0 saturated carbocycles. The summed E-state index contributed by atoms with van der Waals surface area (Å²) in [6.45, 7) is 14.5. The second-order valence-electron chi connectivity index (χ2n) is 11.4. The van der Waals surface area contributed by atoms with Crippen LogP contribution in [0.4, 0.5) is 0 Å². The van der Waals surface area contributed by atoms with Gasteiger partial charge in [0.15, 0.2) is 0 Å². The van der Waals surface area contributed by atoms with Crippen LogP contribution in [0.1, 0.15) is 98.1 Å². The van der Waals surface area contributed by atoms with E-state index in [0.29, 0.717) is 12.8 Å². The van der Waals surface area contributed by atoms with Crippen molar-refractivity contribution in [2.24, 2.45) is 0 Å². The average Bonchev–Trinajstić information content (AvgIpc) is 3.58. The lowest BCUT2D eigenvalue weighted by molar-refractivity contribution is -0.138. The SMILES string of the molecule is CCc1c2nc(cc3[nH]c(cc4[nH]c(cc5nc1C(C)=C5C)c(C)c4CCC(=O)O)c(CCC(=O)O)c3C)C(C)=C2C. The zero-order chi connectivity index (χ0) is 30.5. The largest absolute Gasteiger partial charge is 0.481 e. The van der Waals surface area contributed by atoms with Crippen LogP contribution < -0.4 is 0 Å². The number of nitrogens with one attached hydrogen (secondary N) is 2. The summed E-state index contributed by atoms with van der Waals surface area (Å²) in [5, 5.41) is 18.9. The molecule has 8 nitrogen and oxygen atoms in total. The van der Waals surface area contributed by atoms with E-state index in [0.717, 1.165) is 101 Å². The van der Waals surface area contributed by atoms with Gasteiger partial charge in [0.2, 0.25) is 0 Å². The summed E-state index contributed by atoms with van der Waals surface area (Å²) in [5.41, 5.74) is 16.4. The molecule has 0 aliphatic carbocycles. The Hall–Kier alpha value is -4.46. The number of carbonyl (C=O) groups is 2. The molecule has 2 aliphatic rings. The average molecular weight is 567 g/mol. The molecule has 5 heterocycles. The summed E-state index contributed by atoms with van der Waals surface area (Å²) in [5.74, 6) is -1.72. The van der Waals surface area contributed by atoms with Crippen molar-refractivity contribution in [1.29, 1.82) is 0 Å². The molecule has 3 aromatic heterocycles. The van der Waals surface area contributed by atoms with E-state index < -0.39 is 11.9 Å². The summed E-state index contributed by atoms with van der Waals surface area (Å²) < 4.78 is 0. The lowest BCUT2D eigenvalue weighted by atomic mass is 9.98. The maximum Gasteiger partial charge on any atom is 0.303 e. The van der Waals surface area contributed by atoms with E-state index in [-0.39, 0.29) is 12.8 Å². The highest BCUT2D eigenvalue weighted by Gasteiger charge is 2.23. The Morgan fingerprint density at radius 2 is 1.02 bits per heavy atom. The van der Waals surface area contributed by atoms with Crippen molar-refractivity contribution < 1.29 is 19.8 Å². The van der Waals surface area contributed by atoms with Gasteiger partial charge in [0.25, 0.3) is 0 Å². The van der Waals surface area contributed by atoms with Gasteiger partial charge in [-0.2, -0.15) is 0 Å². The van der Waals surface area contributed by atoms with Crippen molar-refractivity contribution in [3.63, 3.8) is 0 Å². The predicted octanol–water partition coefficient (Wildman–Crippen LogP) is 7.43. The number of aromatic nitrogens is 4. The van der Waals surface area contributed by atoms with Crippen LogP contribution in [0, 0.1) is 13.8 Å². The molecule has 2 aliphatic heterocycles. The first kappa shape index (κ1) is 29.0. The number of H-pyrrole nitrogens is 2. The minimum Gasteiger partial charge on any atom is -0.481 e. The Bertz CT molecular complexity index is 1750. The van der Waals surface area contributed by atoms with Crippen LogP contribution in [0.15, 0.2) is 18.2 Å².